The van der Waals surface area contributed by atoms with Gasteiger partial charge in [-0.05, 0) is 107 Å². The van der Waals surface area contributed by atoms with Crippen molar-refractivity contribution < 1.29 is 22.7 Å². The summed E-state index contributed by atoms with van der Waals surface area (Å²) in [4.78, 5) is 13.1. The molecule has 0 unspecified atom stereocenters. The molecule has 0 spiro atoms. The molecule has 0 saturated heterocycles. The van der Waals surface area contributed by atoms with Crippen LogP contribution in [0.2, 0.25) is 10.0 Å². The molecule has 8 nitrogen and oxygen atoms in total. The highest BCUT2D eigenvalue weighted by atomic mass is 79.9. The summed E-state index contributed by atoms with van der Waals surface area (Å²) in [5.74, 6) is 0.269. The van der Waals surface area contributed by atoms with Crippen molar-refractivity contribution in [3.8, 4) is 11.5 Å². The van der Waals surface area contributed by atoms with Crippen molar-refractivity contribution in [2.45, 2.75) is 32.3 Å². The number of hydrazone groups is 1. The summed E-state index contributed by atoms with van der Waals surface area (Å²) in [7, 11) is -2.55. The highest BCUT2D eigenvalue weighted by molar-refractivity contribution is 9.10. The largest absolute Gasteiger partial charge is 0.493 e. The maximum atomic E-state index is 13.7. The second-order valence-corrected chi connectivity index (χ2v) is 13.5. The van der Waals surface area contributed by atoms with E-state index in [1.165, 1.54) is 25.5 Å². The van der Waals surface area contributed by atoms with Crippen molar-refractivity contribution in [2.24, 2.45) is 5.10 Å². The van der Waals surface area contributed by atoms with E-state index in [1.54, 1.807) is 48.5 Å². The molecule has 0 aromatic heterocycles. The first-order chi connectivity index (χ1) is 20.9. The number of ether oxygens (including phenoxy) is 2. The molecule has 44 heavy (non-hydrogen) atoms. The zero-order chi connectivity index (χ0) is 32.0. The lowest BCUT2D eigenvalue weighted by molar-refractivity contribution is -0.119. The van der Waals surface area contributed by atoms with E-state index in [2.05, 4.69) is 26.5 Å². The van der Waals surface area contributed by atoms with E-state index >= 15 is 0 Å². The smallest absolute Gasteiger partial charge is 0.264 e. The Bertz CT molecular complexity index is 1820. The second-order valence-electron chi connectivity index (χ2n) is 9.96. The highest BCUT2D eigenvalue weighted by Crippen LogP contribution is 2.37. The van der Waals surface area contributed by atoms with Gasteiger partial charge in [0.1, 0.15) is 13.2 Å². The predicted molar refractivity (Wildman–Crippen MR) is 179 cm³/mol. The SMILES string of the molecule is COc1cc(/C=N\NC(=O)CN(c2ccc(C)c(C)c2)S(=O)(=O)c2ccc(C)cc2)cc(Br)c1OCc1ccc(Cl)c(Cl)c1. The molecule has 12 heteroatoms. The average molecular weight is 719 g/mol. The Morgan fingerprint density at radius 3 is 2.34 bits per heavy atom. The Hall–Kier alpha value is -3.57. The highest BCUT2D eigenvalue weighted by Gasteiger charge is 2.27. The fraction of sp³-hybridized carbons (Fsp3) is 0.188. The van der Waals surface area contributed by atoms with E-state index < -0.39 is 22.5 Å². The van der Waals surface area contributed by atoms with Gasteiger partial charge in [-0.25, -0.2) is 13.8 Å². The molecule has 0 aliphatic carbocycles. The molecular weight excluding hydrogens is 689 g/mol. The van der Waals surface area contributed by atoms with Gasteiger partial charge in [0.05, 0.1) is 38.4 Å². The van der Waals surface area contributed by atoms with Crippen LogP contribution in [0.15, 0.2) is 87.3 Å². The Morgan fingerprint density at radius 1 is 0.955 bits per heavy atom. The summed E-state index contributed by atoms with van der Waals surface area (Å²) < 4.78 is 40.4. The number of hydrogen-bond donors (Lipinski definition) is 1. The Kier molecular flexibility index (Phi) is 11.0. The number of amides is 1. The molecule has 0 fully saturated rings. The zero-order valence-corrected chi connectivity index (χ0v) is 28.3. The minimum atomic E-state index is -4.05. The zero-order valence-electron chi connectivity index (χ0n) is 24.4. The average Bonchev–Trinajstić information content (AvgIpc) is 2.98. The van der Waals surface area contributed by atoms with Crippen LogP contribution in [0.25, 0.3) is 0 Å². The van der Waals surface area contributed by atoms with E-state index in [1.807, 2.05) is 32.9 Å². The number of carbonyl (C=O) groups is 1. The summed E-state index contributed by atoms with van der Waals surface area (Å²) in [5, 5.41) is 4.94. The lowest BCUT2D eigenvalue weighted by Crippen LogP contribution is -2.39. The molecule has 1 N–H and O–H groups in total. The standard InChI is InChI=1S/C32H30BrCl2N3O5S/c1-20-5-10-26(11-6-20)44(40,41)38(25-9-7-21(2)22(3)13-25)18-31(39)37-36-17-24-14-27(33)32(30(16-24)42-4)43-19-23-8-12-28(34)29(35)15-23/h5-17H,18-19H2,1-4H3,(H,37,39)/b36-17-. The van der Waals surface area contributed by atoms with E-state index in [0.717, 1.165) is 26.6 Å². The van der Waals surface area contributed by atoms with Crippen molar-refractivity contribution >= 4 is 67.0 Å². The van der Waals surface area contributed by atoms with Crippen molar-refractivity contribution in [2.75, 3.05) is 18.0 Å². The number of sulfonamides is 1. The molecule has 1 amide bonds. The molecule has 0 radical (unpaired) electrons. The van der Waals surface area contributed by atoms with Crippen LogP contribution in [0.4, 0.5) is 5.69 Å². The fourth-order valence-electron chi connectivity index (χ4n) is 4.12. The van der Waals surface area contributed by atoms with Gasteiger partial charge in [-0.3, -0.25) is 9.10 Å². The molecule has 4 aromatic carbocycles. The summed E-state index contributed by atoms with van der Waals surface area (Å²) in [6, 6.07) is 20.4. The van der Waals surface area contributed by atoms with Crippen LogP contribution in [0.3, 0.4) is 0 Å². The lowest BCUT2D eigenvalue weighted by atomic mass is 10.1. The second kappa shape index (κ2) is 14.5. The van der Waals surface area contributed by atoms with Crippen LogP contribution >= 0.6 is 39.1 Å². The predicted octanol–water partition coefficient (Wildman–Crippen LogP) is 7.61. The number of anilines is 1. The van der Waals surface area contributed by atoms with Crippen LogP contribution in [0.5, 0.6) is 11.5 Å². The third-order valence-corrected chi connectivity index (χ3v) is 9.81. The van der Waals surface area contributed by atoms with Crippen LogP contribution < -0.4 is 19.2 Å². The van der Waals surface area contributed by atoms with Gasteiger partial charge in [0.2, 0.25) is 0 Å². The van der Waals surface area contributed by atoms with Gasteiger partial charge < -0.3 is 9.47 Å². The number of aryl methyl sites for hydroxylation is 3. The summed E-state index contributed by atoms with van der Waals surface area (Å²) >= 11 is 15.6. The number of nitrogens with zero attached hydrogens (tertiary/aromatic N) is 2. The molecule has 0 aliphatic rings. The van der Waals surface area contributed by atoms with Gasteiger partial charge in [0.15, 0.2) is 11.5 Å². The maximum Gasteiger partial charge on any atom is 0.264 e. The van der Waals surface area contributed by atoms with Gasteiger partial charge in [-0.2, -0.15) is 5.10 Å². The van der Waals surface area contributed by atoms with E-state index in [9.17, 15) is 13.2 Å². The van der Waals surface area contributed by atoms with Crippen LogP contribution in [0, 0.1) is 20.8 Å². The molecule has 0 bridgehead atoms. The van der Waals surface area contributed by atoms with Gasteiger partial charge in [-0.1, -0.05) is 53.0 Å². The number of rotatable bonds is 11. The van der Waals surface area contributed by atoms with Crippen LogP contribution in [-0.2, 0) is 21.4 Å². The lowest BCUT2D eigenvalue weighted by Gasteiger charge is -2.24. The fourth-order valence-corrected chi connectivity index (χ4v) is 6.42. The topological polar surface area (TPSA) is 97.3 Å². The summed E-state index contributed by atoms with van der Waals surface area (Å²) in [6.45, 7) is 5.43. The monoisotopic (exact) mass is 717 g/mol. The molecule has 4 rings (SSSR count). The number of hydrogen-bond acceptors (Lipinski definition) is 6. The number of benzene rings is 4. The van der Waals surface area contributed by atoms with Gasteiger partial charge in [-0.15, -0.1) is 0 Å². The first-order valence-corrected chi connectivity index (χ1v) is 16.3. The Morgan fingerprint density at radius 2 is 1.68 bits per heavy atom. The number of nitrogens with one attached hydrogen (secondary N) is 1. The van der Waals surface area contributed by atoms with E-state index in [0.29, 0.717) is 37.3 Å². The first kappa shape index (κ1) is 33.3. The molecular formula is C32H30BrCl2N3O5S. The van der Waals surface area contributed by atoms with Gasteiger partial charge in [0, 0.05) is 0 Å². The summed E-state index contributed by atoms with van der Waals surface area (Å²) in [5.41, 5.74) is 7.04. The molecule has 230 valence electrons. The number of carbonyl (C=O) groups excluding carboxylic acids is 1. The molecule has 0 heterocycles. The molecule has 0 atom stereocenters. The van der Waals surface area contributed by atoms with Crippen molar-refractivity contribution in [3.63, 3.8) is 0 Å². The van der Waals surface area contributed by atoms with E-state index in [4.69, 9.17) is 32.7 Å². The quantitative estimate of drug-likeness (QED) is 0.127. The van der Waals surface area contributed by atoms with Gasteiger partial charge in [0.25, 0.3) is 15.9 Å². The van der Waals surface area contributed by atoms with E-state index in [-0.39, 0.29) is 11.5 Å². The van der Waals surface area contributed by atoms with Gasteiger partial charge >= 0.3 is 0 Å². The minimum Gasteiger partial charge on any atom is -0.493 e. The maximum absolute atomic E-state index is 13.7. The summed E-state index contributed by atoms with van der Waals surface area (Å²) in [6.07, 6.45) is 1.42. The van der Waals surface area contributed by atoms with Crippen molar-refractivity contribution in [1.82, 2.24) is 5.43 Å². The van der Waals surface area contributed by atoms with Crippen LogP contribution in [-0.4, -0.2) is 34.2 Å². The minimum absolute atomic E-state index is 0.0797. The van der Waals surface area contributed by atoms with Crippen LogP contribution in [0.1, 0.15) is 27.8 Å². The number of halogens is 3. The third kappa shape index (κ3) is 8.12. The normalized spacial score (nSPS) is 11.4. The Balaban J connectivity index is 1.50. The molecule has 4 aromatic rings. The third-order valence-electron chi connectivity index (χ3n) is 6.70. The first-order valence-electron chi connectivity index (χ1n) is 13.3. The Labute approximate surface area is 275 Å². The van der Waals surface area contributed by atoms with Crippen molar-refractivity contribution in [3.05, 3.63) is 115 Å². The molecule has 0 saturated carbocycles. The number of methoxy groups -OCH3 is 1. The van der Waals surface area contributed by atoms with Crippen molar-refractivity contribution in [1.29, 1.82) is 0 Å². The molecule has 0 aliphatic heterocycles.